The van der Waals surface area contributed by atoms with Gasteiger partial charge in [0.05, 0.1) is 12.7 Å². The summed E-state index contributed by atoms with van der Waals surface area (Å²) in [4.78, 5) is 15.5. The third kappa shape index (κ3) is 2.58. The molecule has 0 spiro atoms. The molecule has 86 valence electrons. The van der Waals surface area contributed by atoms with E-state index in [0.717, 1.165) is 18.7 Å². The van der Waals surface area contributed by atoms with E-state index in [1.165, 1.54) is 20.0 Å². The molecule has 1 aliphatic rings. The number of carbonyl (C=O) groups is 1. The van der Waals surface area contributed by atoms with E-state index in [-0.39, 0.29) is 5.97 Å². The van der Waals surface area contributed by atoms with Gasteiger partial charge in [0.2, 0.25) is 0 Å². The van der Waals surface area contributed by atoms with E-state index in [0.29, 0.717) is 11.6 Å². The molecule has 1 saturated heterocycles. The van der Waals surface area contributed by atoms with Crippen LogP contribution in [0.4, 0.5) is 0 Å². The van der Waals surface area contributed by atoms with E-state index in [2.05, 4.69) is 15.0 Å². The third-order valence-corrected chi connectivity index (χ3v) is 2.86. The van der Waals surface area contributed by atoms with Gasteiger partial charge in [-0.05, 0) is 31.5 Å². The van der Waals surface area contributed by atoms with E-state index in [4.69, 9.17) is 0 Å². The highest BCUT2D eigenvalue weighted by atomic mass is 16.5. The SMILES string of the molecule is COC(=O)c1ccc(CC2CCCN2)nc1. The second-order valence-electron chi connectivity index (χ2n) is 4.03. The van der Waals surface area contributed by atoms with Crippen LogP contribution in [-0.2, 0) is 11.2 Å². The fourth-order valence-electron chi connectivity index (χ4n) is 1.97. The molecule has 4 nitrogen and oxygen atoms in total. The lowest BCUT2D eigenvalue weighted by atomic mass is 10.1. The normalized spacial score (nSPS) is 19.7. The van der Waals surface area contributed by atoms with Gasteiger partial charge in [-0.2, -0.15) is 0 Å². The summed E-state index contributed by atoms with van der Waals surface area (Å²) < 4.78 is 4.62. The molecular weight excluding hydrogens is 204 g/mol. The number of nitrogens with one attached hydrogen (secondary N) is 1. The fourth-order valence-corrected chi connectivity index (χ4v) is 1.97. The van der Waals surface area contributed by atoms with Crippen LogP contribution < -0.4 is 5.32 Å². The minimum atomic E-state index is -0.335. The Kier molecular flexibility index (Phi) is 3.51. The number of hydrogen-bond acceptors (Lipinski definition) is 4. The zero-order valence-corrected chi connectivity index (χ0v) is 9.40. The maximum atomic E-state index is 11.2. The third-order valence-electron chi connectivity index (χ3n) is 2.86. The molecule has 0 bridgehead atoms. The highest BCUT2D eigenvalue weighted by molar-refractivity contribution is 5.88. The summed E-state index contributed by atoms with van der Waals surface area (Å²) in [7, 11) is 1.37. The number of pyridine rings is 1. The Morgan fingerprint density at radius 3 is 3.06 bits per heavy atom. The van der Waals surface area contributed by atoms with Crippen LogP contribution in [0.25, 0.3) is 0 Å². The van der Waals surface area contributed by atoms with Gasteiger partial charge in [-0.15, -0.1) is 0 Å². The van der Waals surface area contributed by atoms with Gasteiger partial charge in [0.25, 0.3) is 0 Å². The van der Waals surface area contributed by atoms with Crippen molar-refractivity contribution in [3.63, 3.8) is 0 Å². The first-order chi connectivity index (χ1) is 7.79. The van der Waals surface area contributed by atoms with Crippen molar-refractivity contribution in [1.29, 1.82) is 0 Å². The van der Waals surface area contributed by atoms with Gasteiger partial charge in [-0.3, -0.25) is 4.98 Å². The Hall–Kier alpha value is -1.42. The highest BCUT2D eigenvalue weighted by Gasteiger charge is 2.15. The second kappa shape index (κ2) is 5.07. The van der Waals surface area contributed by atoms with Gasteiger partial charge in [0.15, 0.2) is 0 Å². The molecule has 1 fully saturated rings. The second-order valence-corrected chi connectivity index (χ2v) is 4.03. The van der Waals surface area contributed by atoms with Gasteiger partial charge in [-0.1, -0.05) is 0 Å². The van der Waals surface area contributed by atoms with E-state index >= 15 is 0 Å². The Balaban J connectivity index is 1.98. The maximum absolute atomic E-state index is 11.2. The van der Waals surface area contributed by atoms with Crippen LogP contribution >= 0.6 is 0 Å². The summed E-state index contributed by atoms with van der Waals surface area (Å²) >= 11 is 0. The number of rotatable bonds is 3. The number of hydrogen-bond donors (Lipinski definition) is 1. The first-order valence-electron chi connectivity index (χ1n) is 5.56. The minimum Gasteiger partial charge on any atom is -0.465 e. The summed E-state index contributed by atoms with van der Waals surface area (Å²) in [5, 5.41) is 3.42. The van der Waals surface area contributed by atoms with Crippen molar-refractivity contribution in [3.05, 3.63) is 29.6 Å². The maximum Gasteiger partial charge on any atom is 0.339 e. The van der Waals surface area contributed by atoms with Crippen LogP contribution in [0.1, 0.15) is 28.9 Å². The van der Waals surface area contributed by atoms with Gasteiger partial charge in [0, 0.05) is 24.4 Å². The molecule has 0 amide bonds. The van der Waals surface area contributed by atoms with Gasteiger partial charge < -0.3 is 10.1 Å². The van der Waals surface area contributed by atoms with Crippen LogP contribution in [0.15, 0.2) is 18.3 Å². The van der Waals surface area contributed by atoms with Gasteiger partial charge in [0.1, 0.15) is 0 Å². The smallest absolute Gasteiger partial charge is 0.339 e. The molecule has 1 aromatic heterocycles. The summed E-state index contributed by atoms with van der Waals surface area (Å²) in [6.45, 7) is 1.10. The fraction of sp³-hybridized carbons (Fsp3) is 0.500. The van der Waals surface area contributed by atoms with Crippen molar-refractivity contribution >= 4 is 5.97 Å². The van der Waals surface area contributed by atoms with Gasteiger partial charge >= 0.3 is 5.97 Å². The molecule has 2 rings (SSSR count). The summed E-state index contributed by atoms with van der Waals surface area (Å²) in [5.41, 5.74) is 1.53. The largest absolute Gasteiger partial charge is 0.465 e. The number of nitrogens with zero attached hydrogens (tertiary/aromatic N) is 1. The number of methoxy groups -OCH3 is 1. The van der Waals surface area contributed by atoms with E-state index in [1.54, 1.807) is 12.3 Å². The molecule has 1 atom stereocenters. The van der Waals surface area contributed by atoms with Crippen LogP contribution in [0.3, 0.4) is 0 Å². The molecule has 0 aromatic carbocycles. The lowest BCUT2D eigenvalue weighted by molar-refractivity contribution is 0.0600. The van der Waals surface area contributed by atoms with Crippen LogP contribution in [0.2, 0.25) is 0 Å². The van der Waals surface area contributed by atoms with Crippen LogP contribution in [0.5, 0.6) is 0 Å². The number of carbonyl (C=O) groups excluding carboxylic acids is 1. The van der Waals surface area contributed by atoms with E-state index < -0.39 is 0 Å². The molecule has 0 aliphatic carbocycles. The number of ether oxygens (including phenoxy) is 1. The summed E-state index contributed by atoms with van der Waals surface area (Å²) in [6, 6.07) is 4.20. The van der Waals surface area contributed by atoms with Crippen molar-refractivity contribution in [2.24, 2.45) is 0 Å². The molecule has 1 unspecified atom stereocenters. The van der Waals surface area contributed by atoms with Crippen molar-refractivity contribution in [3.8, 4) is 0 Å². The Labute approximate surface area is 95.0 Å². The molecule has 2 heterocycles. The molecule has 1 N–H and O–H groups in total. The zero-order chi connectivity index (χ0) is 11.4. The molecule has 4 heteroatoms. The predicted octanol–water partition coefficient (Wildman–Crippen LogP) is 1.16. The van der Waals surface area contributed by atoms with Gasteiger partial charge in [-0.25, -0.2) is 4.79 Å². The van der Waals surface area contributed by atoms with Crippen molar-refractivity contribution < 1.29 is 9.53 Å². The minimum absolute atomic E-state index is 0.335. The molecule has 1 aliphatic heterocycles. The molecule has 0 radical (unpaired) electrons. The highest BCUT2D eigenvalue weighted by Crippen LogP contribution is 2.11. The summed E-state index contributed by atoms with van der Waals surface area (Å²) in [6.07, 6.45) is 4.96. The predicted molar refractivity (Wildman–Crippen MR) is 60.3 cm³/mol. The lowest BCUT2D eigenvalue weighted by Crippen LogP contribution is -2.24. The first-order valence-corrected chi connectivity index (χ1v) is 5.56. The molecular formula is C12H16N2O2. The quantitative estimate of drug-likeness (QED) is 0.777. The lowest BCUT2D eigenvalue weighted by Gasteiger charge is -2.09. The van der Waals surface area contributed by atoms with Crippen LogP contribution in [0, 0.1) is 0 Å². The average Bonchev–Trinajstić information content (AvgIpc) is 2.82. The Bertz CT molecular complexity index is 356. The van der Waals surface area contributed by atoms with E-state index in [1.807, 2.05) is 6.07 Å². The van der Waals surface area contributed by atoms with Crippen molar-refractivity contribution in [2.45, 2.75) is 25.3 Å². The zero-order valence-electron chi connectivity index (χ0n) is 9.40. The van der Waals surface area contributed by atoms with E-state index in [9.17, 15) is 4.79 Å². The first kappa shape index (κ1) is 11.1. The van der Waals surface area contributed by atoms with Crippen molar-refractivity contribution in [2.75, 3.05) is 13.7 Å². The Morgan fingerprint density at radius 2 is 2.50 bits per heavy atom. The van der Waals surface area contributed by atoms with Crippen molar-refractivity contribution in [1.82, 2.24) is 10.3 Å². The molecule has 16 heavy (non-hydrogen) atoms. The number of aromatic nitrogens is 1. The summed E-state index contributed by atoms with van der Waals surface area (Å²) in [5.74, 6) is -0.335. The van der Waals surface area contributed by atoms with Crippen LogP contribution in [-0.4, -0.2) is 30.6 Å². The molecule has 0 saturated carbocycles. The molecule has 1 aromatic rings. The topological polar surface area (TPSA) is 51.2 Å². The monoisotopic (exact) mass is 220 g/mol. The number of esters is 1. The Morgan fingerprint density at radius 1 is 1.62 bits per heavy atom. The standard InChI is InChI=1S/C12H16N2O2/c1-16-12(15)9-4-5-11(14-8-9)7-10-3-2-6-13-10/h4-5,8,10,13H,2-3,6-7H2,1H3. The average molecular weight is 220 g/mol.